The van der Waals surface area contributed by atoms with Crippen molar-refractivity contribution < 1.29 is 4.42 Å². The molecule has 2 nitrogen and oxygen atoms in total. The van der Waals surface area contributed by atoms with Crippen LogP contribution in [-0.2, 0) is 0 Å². The van der Waals surface area contributed by atoms with Gasteiger partial charge >= 0.3 is 0 Å². The molecule has 0 atom stereocenters. The van der Waals surface area contributed by atoms with Gasteiger partial charge in [-0.3, -0.25) is 0 Å². The molecule has 0 saturated heterocycles. The van der Waals surface area contributed by atoms with E-state index in [0.29, 0.717) is 5.89 Å². The predicted octanol–water partition coefficient (Wildman–Crippen LogP) is 4.87. The first kappa shape index (κ1) is 11.5. The van der Waals surface area contributed by atoms with Gasteiger partial charge in [0.2, 0.25) is 5.89 Å². The van der Waals surface area contributed by atoms with Crippen LogP contribution < -0.4 is 0 Å². The van der Waals surface area contributed by atoms with Gasteiger partial charge in [-0.2, -0.15) is 0 Å². The van der Waals surface area contributed by atoms with Gasteiger partial charge in [0, 0.05) is 10.0 Å². The van der Waals surface area contributed by atoms with Crippen LogP contribution in [-0.4, -0.2) is 4.98 Å². The lowest BCUT2D eigenvalue weighted by atomic mass is 10.1. The topological polar surface area (TPSA) is 26.0 Å². The second-order valence-corrected chi connectivity index (χ2v) is 5.37. The Morgan fingerprint density at radius 3 is 2.50 bits per heavy atom. The Hall–Kier alpha value is -1.61. The lowest BCUT2D eigenvalue weighted by Crippen LogP contribution is -1.77. The molecule has 0 fully saturated rings. The lowest BCUT2D eigenvalue weighted by Gasteiger charge is -1.95. The van der Waals surface area contributed by atoms with Crippen molar-refractivity contribution >= 4 is 27.0 Å². The zero-order valence-corrected chi connectivity index (χ0v) is 11.8. The average molecular weight is 302 g/mol. The number of aromatic nitrogens is 1. The van der Waals surface area contributed by atoms with Crippen LogP contribution in [0.3, 0.4) is 0 Å². The lowest BCUT2D eigenvalue weighted by molar-refractivity contribution is 0.617. The Bertz CT molecular complexity index is 713. The van der Waals surface area contributed by atoms with Crippen LogP contribution in [0.4, 0.5) is 0 Å². The van der Waals surface area contributed by atoms with E-state index in [0.717, 1.165) is 26.7 Å². The van der Waals surface area contributed by atoms with Crippen molar-refractivity contribution in [3.63, 3.8) is 0 Å². The maximum atomic E-state index is 5.85. The zero-order chi connectivity index (χ0) is 12.7. The summed E-state index contributed by atoms with van der Waals surface area (Å²) in [6.07, 6.45) is 0. The first-order valence-corrected chi connectivity index (χ1v) is 6.56. The minimum absolute atomic E-state index is 0.672. The summed E-state index contributed by atoms with van der Waals surface area (Å²) >= 11 is 3.48. The average Bonchev–Trinajstić information content (AvgIpc) is 2.74. The summed E-state index contributed by atoms with van der Waals surface area (Å²) in [6, 6.07) is 12.2. The highest BCUT2D eigenvalue weighted by molar-refractivity contribution is 9.10. The third-order valence-corrected chi connectivity index (χ3v) is 3.40. The molecule has 0 aliphatic carbocycles. The van der Waals surface area contributed by atoms with Crippen molar-refractivity contribution in [1.29, 1.82) is 0 Å². The number of hydrogen-bond acceptors (Lipinski definition) is 2. The SMILES string of the molecule is Cc1ccc(-c2nc3cc(Br)cc(C)c3o2)cc1. The molecule has 90 valence electrons. The molecule has 0 amide bonds. The molecule has 0 saturated carbocycles. The fourth-order valence-corrected chi connectivity index (χ4v) is 2.54. The van der Waals surface area contributed by atoms with E-state index < -0.39 is 0 Å². The molecule has 0 spiro atoms. The van der Waals surface area contributed by atoms with Crippen molar-refractivity contribution in [2.75, 3.05) is 0 Å². The maximum absolute atomic E-state index is 5.85. The standard InChI is InChI=1S/C15H12BrNO/c1-9-3-5-11(6-4-9)15-17-13-8-12(16)7-10(2)14(13)18-15/h3-8H,1-2H3. The van der Waals surface area contributed by atoms with Crippen molar-refractivity contribution in [2.24, 2.45) is 0 Å². The summed E-state index contributed by atoms with van der Waals surface area (Å²) in [5.41, 5.74) is 5.07. The molecule has 18 heavy (non-hydrogen) atoms. The van der Waals surface area contributed by atoms with E-state index >= 15 is 0 Å². The number of nitrogens with zero attached hydrogens (tertiary/aromatic N) is 1. The summed E-state index contributed by atoms with van der Waals surface area (Å²) < 4.78 is 6.87. The van der Waals surface area contributed by atoms with Gasteiger partial charge in [-0.05, 0) is 43.7 Å². The Balaban J connectivity index is 2.19. The molecule has 0 N–H and O–H groups in total. The largest absolute Gasteiger partial charge is 0.436 e. The molecule has 0 unspecified atom stereocenters. The first-order chi connectivity index (χ1) is 8.63. The maximum Gasteiger partial charge on any atom is 0.227 e. The van der Waals surface area contributed by atoms with E-state index in [1.54, 1.807) is 0 Å². The van der Waals surface area contributed by atoms with Crippen LogP contribution in [0.1, 0.15) is 11.1 Å². The van der Waals surface area contributed by atoms with Gasteiger partial charge in [-0.1, -0.05) is 33.6 Å². The molecule has 1 aromatic heterocycles. The molecule has 0 aliphatic rings. The fourth-order valence-electron chi connectivity index (χ4n) is 1.98. The first-order valence-electron chi connectivity index (χ1n) is 5.77. The van der Waals surface area contributed by atoms with Gasteiger partial charge in [-0.15, -0.1) is 0 Å². The summed E-state index contributed by atoms with van der Waals surface area (Å²) in [5.74, 6) is 0.672. The summed E-state index contributed by atoms with van der Waals surface area (Å²) in [6.45, 7) is 4.09. The van der Waals surface area contributed by atoms with E-state index in [1.807, 2.05) is 31.2 Å². The van der Waals surface area contributed by atoms with Gasteiger partial charge in [0.25, 0.3) is 0 Å². The molecule has 0 bridgehead atoms. The van der Waals surface area contributed by atoms with Crippen LogP contribution in [0.25, 0.3) is 22.6 Å². The predicted molar refractivity (Wildman–Crippen MR) is 76.6 cm³/mol. The highest BCUT2D eigenvalue weighted by Crippen LogP contribution is 2.29. The van der Waals surface area contributed by atoms with Crippen LogP contribution in [0, 0.1) is 13.8 Å². The molecular formula is C15H12BrNO. The Kier molecular flexibility index (Phi) is 2.71. The van der Waals surface area contributed by atoms with Crippen LogP contribution in [0.15, 0.2) is 45.3 Å². The van der Waals surface area contributed by atoms with E-state index in [-0.39, 0.29) is 0 Å². The molecule has 3 rings (SSSR count). The minimum atomic E-state index is 0.672. The number of halogens is 1. The Morgan fingerprint density at radius 2 is 1.78 bits per heavy atom. The number of rotatable bonds is 1. The van der Waals surface area contributed by atoms with Crippen LogP contribution in [0.2, 0.25) is 0 Å². The normalized spacial score (nSPS) is 11.1. The van der Waals surface area contributed by atoms with Crippen LogP contribution in [0.5, 0.6) is 0 Å². The minimum Gasteiger partial charge on any atom is -0.436 e. The summed E-state index contributed by atoms with van der Waals surface area (Å²) in [4.78, 5) is 4.54. The number of fused-ring (bicyclic) bond motifs is 1. The van der Waals surface area contributed by atoms with Crippen molar-refractivity contribution in [3.05, 3.63) is 52.0 Å². The third-order valence-electron chi connectivity index (χ3n) is 2.94. The van der Waals surface area contributed by atoms with Crippen molar-refractivity contribution in [3.8, 4) is 11.5 Å². The second-order valence-electron chi connectivity index (χ2n) is 4.46. The van der Waals surface area contributed by atoms with E-state index in [1.165, 1.54) is 5.56 Å². The van der Waals surface area contributed by atoms with E-state index in [9.17, 15) is 0 Å². The highest BCUT2D eigenvalue weighted by atomic mass is 79.9. The molecule has 1 heterocycles. The molecule has 0 aliphatic heterocycles. The van der Waals surface area contributed by atoms with Crippen molar-refractivity contribution in [2.45, 2.75) is 13.8 Å². The highest BCUT2D eigenvalue weighted by Gasteiger charge is 2.10. The summed E-state index contributed by atoms with van der Waals surface area (Å²) in [5, 5.41) is 0. The third kappa shape index (κ3) is 1.95. The van der Waals surface area contributed by atoms with E-state index in [4.69, 9.17) is 4.42 Å². The molecular weight excluding hydrogens is 290 g/mol. The Labute approximate surface area is 114 Å². The monoisotopic (exact) mass is 301 g/mol. The van der Waals surface area contributed by atoms with Crippen LogP contribution >= 0.6 is 15.9 Å². The molecule has 0 radical (unpaired) electrons. The molecule has 3 heteroatoms. The van der Waals surface area contributed by atoms with Gasteiger partial charge in [-0.25, -0.2) is 4.98 Å². The van der Waals surface area contributed by atoms with Gasteiger partial charge < -0.3 is 4.42 Å². The number of benzene rings is 2. The van der Waals surface area contributed by atoms with Gasteiger partial charge in [0.15, 0.2) is 5.58 Å². The van der Waals surface area contributed by atoms with Gasteiger partial charge in [0.1, 0.15) is 5.52 Å². The quantitative estimate of drug-likeness (QED) is 0.640. The van der Waals surface area contributed by atoms with E-state index in [2.05, 4.69) is 40.0 Å². The fraction of sp³-hybridized carbons (Fsp3) is 0.133. The molecule has 3 aromatic rings. The second kappa shape index (κ2) is 4.25. The smallest absolute Gasteiger partial charge is 0.227 e. The van der Waals surface area contributed by atoms with Gasteiger partial charge in [0.05, 0.1) is 0 Å². The number of aryl methyl sites for hydroxylation is 2. The number of hydrogen-bond donors (Lipinski definition) is 0. The zero-order valence-electron chi connectivity index (χ0n) is 10.2. The number of oxazole rings is 1. The van der Waals surface area contributed by atoms with Crippen molar-refractivity contribution in [1.82, 2.24) is 4.98 Å². The Morgan fingerprint density at radius 1 is 1.06 bits per heavy atom. The molecule has 2 aromatic carbocycles. The summed E-state index contributed by atoms with van der Waals surface area (Å²) in [7, 11) is 0.